The fourth-order valence-electron chi connectivity index (χ4n) is 0.933. The molecule has 0 aliphatic heterocycles. The summed E-state index contributed by atoms with van der Waals surface area (Å²) in [6, 6.07) is 0. The molecule has 2 heterocycles. The molecule has 0 unspecified atom stereocenters. The van der Waals surface area contributed by atoms with Crippen LogP contribution in [-0.2, 0) is 9.05 Å². The van der Waals surface area contributed by atoms with Crippen LogP contribution in [0.25, 0.3) is 5.65 Å². The maximum Gasteiger partial charge on any atom is 0.280 e. The van der Waals surface area contributed by atoms with Crippen LogP contribution < -0.4 is 0 Å². The quantitative estimate of drug-likeness (QED) is 0.659. The second-order valence-corrected chi connectivity index (χ2v) is 4.87. The zero-order valence-corrected chi connectivity index (χ0v) is 7.83. The summed E-state index contributed by atoms with van der Waals surface area (Å²) in [5.41, 5.74) is 0.573. The van der Waals surface area contributed by atoms with Crippen LogP contribution in [0.3, 0.4) is 0 Å². The first-order valence-electron chi connectivity index (χ1n) is 3.31. The summed E-state index contributed by atoms with van der Waals surface area (Å²) in [6.45, 7) is 0. The summed E-state index contributed by atoms with van der Waals surface area (Å²) in [7, 11) is 1.34. The van der Waals surface area contributed by atoms with E-state index in [1.54, 1.807) is 12.4 Å². The lowest BCUT2D eigenvalue weighted by Gasteiger charge is -1.95. The van der Waals surface area contributed by atoms with Crippen molar-refractivity contribution < 1.29 is 8.42 Å². The van der Waals surface area contributed by atoms with E-state index in [1.165, 1.54) is 16.8 Å². The van der Waals surface area contributed by atoms with E-state index in [1.807, 2.05) is 0 Å². The molecule has 2 aromatic rings. The average molecular weight is 218 g/mol. The van der Waals surface area contributed by atoms with Crippen molar-refractivity contribution in [1.29, 1.82) is 0 Å². The first kappa shape index (κ1) is 8.46. The maximum atomic E-state index is 10.9. The molecule has 0 saturated carbocycles. The Bertz CT molecular complexity index is 548. The minimum absolute atomic E-state index is 0.181. The highest BCUT2D eigenvalue weighted by atomic mass is 35.7. The first-order chi connectivity index (χ1) is 6.07. The number of nitrogens with zero attached hydrogens (tertiary/aromatic N) is 3. The van der Waals surface area contributed by atoms with Gasteiger partial charge in [-0.15, -0.1) is 0 Å². The van der Waals surface area contributed by atoms with Crippen LogP contribution in [0, 0.1) is 0 Å². The van der Waals surface area contributed by atoms with Crippen LogP contribution in [0.4, 0.5) is 0 Å². The summed E-state index contributed by atoms with van der Waals surface area (Å²) < 4.78 is 23.3. The minimum atomic E-state index is -3.76. The molecular formula is C6H4ClN3O2S. The Kier molecular flexibility index (Phi) is 1.74. The van der Waals surface area contributed by atoms with Crippen LogP contribution >= 0.6 is 10.7 Å². The van der Waals surface area contributed by atoms with Crippen molar-refractivity contribution in [3.8, 4) is 0 Å². The molecule has 0 spiro atoms. The Morgan fingerprint density at radius 1 is 1.38 bits per heavy atom. The Hall–Kier alpha value is -1.14. The predicted octanol–water partition coefficient (Wildman–Crippen LogP) is 0.657. The fraction of sp³-hybridized carbons (Fsp3) is 0. The van der Waals surface area contributed by atoms with Crippen molar-refractivity contribution >= 4 is 25.4 Å². The summed E-state index contributed by atoms with van der Waals surface area (Å²) in [5.74, 6) is 0. The van der Waals surface area contributed by atoms with Gasteiger partial charge in [0.2, 0.25) is 0 Å². The molecule has 0 aromatic carbocycles. The van der Waals surface area contributed by atoms with Crippen LogP contribution in [-0.4, -0.2) is 22.8 Å². The zero-order chi connectivity index (χ0) is 9.47. The largest absolute Gasteiger partial charge is 0.303 e. The smallest absolute Gasteiger partial charge is 0.280 e. The van der Waals surface area contributed by atoms with Gasteiger partial charge in [0.15, 0.2) is 10.7 Å². The molecule has 0 saturated heterocycles. The molecule has 5 nitrogen and oxygen atoms in total. The Morgan fingerprint density at radius 3 is 2.85 bits per heavy atom. The molecule has 2 aromatic heterocycles. The van der Waals surface area contributed by atoms with E-state index in [0.717, 1.165) is 0 Å². The Balaban J connectivity index is 2.75. The van der Waals surface area contributed by atoms with E-state index >= 15 is 0 Å². The molecule has 0 fully saturated rings. The van der Waals surface area contributed by atoms with E-state index in [2.05, 4.69) is 9.97 Å². The number of hydrogen-bond donors (Lipinski definition) is 0. The van der Waals surface area contributed by atoms with Crippen molar-refractivity contribution in [1.82, 2.24) is 14.4 Å². The number of hydrogen-bond acceptors (Lipinski definition) is 4. The molecular weight excluding hydrogens is 214 g/mol. The lowest BCUT2D eigenvalue weighted by atomic mass is 10.7. The van der Waals surface area contributed by atoms with Crippen LogP contribution in [0.2, 0.25) is 0 Å². The number of imidazole rings is 1. The molecule has 2 rings (SSSR count). The fourth-order valence-corrected chi connectivity index (χ4v) is 1.59. The number of fused-ring (bicyclic) bond motifs is 1. The number of halogens is 1. The minimum Gasteiger partial charge on any atom is -0.303 e. The zero-order valence-electron chi connectivity index (χ0n) is 6.25. The van der Waals surface area contributed by atoms with Crippen molar-refractivity contribution in [3.05, 3.63) is 24.8 Å². The first-order valence-corrected chi connectivity index (χ1v) is 5.62. The van der Waals surface area contributed by atoms with E-state index in [0.29, 0.717) is 5.65 Å². The molecule has 0 aliphatic rings. The summed E-state index contributed by atoms with van der Waals surface area (Å²) in [5, 5.41) is -0.181. The molecule has 7 heteroatoms. The molecule has 0 N–H and O–H groups in total. The third kappa shape index (κ3) is 1.50. The topological polar surface area (TPSA) is 64.3 Å². The van der Waals surface area contributed by atoms with Crippen molar-refractivity contribution in [3.63, 3.8) is 0 Å². The maximum absolute atomic E-state index is 10.9. The van der Waals surface area contributed by atoms with Gasteiger partial charge in [-0.25, -0.2) is 18.4 Å². The highest BCUT2D eigenvalue weighted by Gasteiger charge is 2.12. The van der Waals surface area contributed by atoms with Crippen LogP contribution in [0.5, 0.6) is 0 Å². The molecule has 68 valence electrons. The van der Waals surface area contributed by atoms with Gasteiger partial charge in [0.1, 0.15) is 0 Å². The van der Waals surface area contributed by atoms with Crippen LogP contribution in [0.15, 0.2) is 29.8 Å². The van der Waals surface area contributed by atoms with E-state index in [-0.39, 0.29) is 5.03 Å². The SMILES string of the molecule is O=S(=O)(Cl)c1cn2ccnc2cn1. The lowest BCUT2D eigenvalue weighted by molar-refractivity contribution is 0.605. The summed E-state index contributed by atoms with van der Waals surface area (Å²) >= 11 is 0. The van der Waals surface area contributed by atoms with Gasteiger partial charge in [-0.05, 0) is 0 Å². The molecule has 0 aliphatic carbocycles. The van der Waals surface area contributed by atoms with Crippen LogP contribution in [0.1, 0.15) is 0 Å². The molecule has 13 heavy (non-hydrogen) atoms. The highest BCUT2D eigenvalue weighted by molar-refractivity contribution is 8.13. The molecule has 0 atom stereocenters. The highest BCUT2D eigenvalue weighted by Crippen LogP contribution is 2.11. The molecule has 0 radical (unpaired) electrons. The van der Waals surface area contributed by atoms with Gasteiger partial charge in [0.25, 0.3) is 9.05 Å². The lowest BCUT2D eigenvalue weighted by Crippen LogP contribution is -1.97. The second kappa shape index (κ2) is 2.68. The van der Waals surface area contributed by atoms with Gasteiger partial charge < -0.3 is 4.40 Å². The third-order valence-electron chi connectivity index (χ3n) is 1.51. The van der Waals surface area contributed by atoms with Gasteiger partial charge in [0.05, 0.1) is 6.20 Å². The van der Waals surface area contributed by atoms with Crippen molar-refractivity contribution in [2.45, 2.75) is 5.03 Å². The normalized spacial score (nSPS) is 12.1. The Morgan fingerprint density at radius 2 is 2.15 bits per heavy atom. The van der Waals surface area contributed by atoms with Crippen molar-refractivity contribution in [2.75, 3.05) is 0 Å². The summed E-state index contributed by atoms with van der Waals surface area (Å²) in [4.78, 5) is 7.55. The van der Waals surface area contributed by atoms with Gasteiger partial charge in [0, 0.05) is 29.3 Å². The second-order valence-electron chi connectivity index (χ2n) is 2.36. The molecule has 0 amide bonds. The standard InChI is InChI=1S/C6H4ClN3O2S/c7-13(11,12)6-4-10-2-1-8-5(10)3-9-6/h1-4H. The molecule has 0 bridgehead atoms. The number of aromatic nitrogens is 3. The van der Waals surface area contributed by atoms with E-state index in [4.69, 9.17) is 10.7 Å². The van der Waals surface area contributed by atoms with Crippen molar-refractivity contribution in [2.24, 2.45) is 0 Å². The summed E-state index contributed by atoms with van der Waals surface area (Å²) in [6.07, 6.45) is 5.81. The van der Waals surface area contributed by atoms with Gasteiger partial charge in [-0.2, -0.15) is 0 Å². The third-order valence-corrected chi connectivity index (χ3v) is 2.69. The van der Waals surface area contributed by atoms with Gasteiger partial charge >= 0.3 is 0 Å². The van der Waals surface area contributed by atoms with Gasteiger partial charge in [-0.1, -0.05) is 0 Å². The Labute approximate surface area is 78.4 Å². The van der Waals surface area contributed by atoms with E-state index in [9.17, 15) is 8.42 Å². The monoisotopic (exact) mass is 217 g/mol. The predicted molar refractivity (Wildman–Crippen MR) is 46.0 cm³/mol. The van der Waals surface area contributed by atoms with E-state index < -0.39 is 9.05 Å². The van der Waals surface area contributed by atoms with Gasteiger partial charge in [-0.3, -0.25) is 0 Å². The number of rotatable bonds is 1. The average Bonchev–Trinajstić information content (AvgIpc) is 2.47.